The van der Waals surface area contributed by atoms with Gasteiger partial charge in [-0.05, 0) is 42.7 Å². The molecule has 0 aliphatic carbocycles. The Balaban J connectivity index is 1.36. The fourth-order valence-electron chi connectivity index (χ4n) is 4.58. The van der Waals surface area contributed by atoms with Gasteiger partial charge in [0.1, 0.15) is 5.75 Å². The number of aromatic hydroxyl groups is 1. The molecule has 0 radical (unpaired) electrons. The Morgan fingerprint density at radius 3 is 2.42 bits per heavy atom. The number of carbonyl (C=O) groups is 1. The smallest absolute Gasteiger partial charge is 0.237 e. The van der Waals surface area contributed by atoms with Gasteiger partial charge in [-0.15, -0.1) is 0 Å². The van der Waals surface area contributed by atoms with Gasteiger partial charge >= 0.3 is 0 Å². The SMILES string of the molecule is CN(C)c1ccc(CN(C[C@@H]2CCCO2)C(=O)CN2CCN(c3ccccc3O)CC2)cc1. The van der Waals surface area contributed by atoms with Gasteiger partial charge < -0.3 is 24.5 Å². The van der Waals surface area contributed by atoms with Crippen molar-refractivity contribution in [2.75, 3.05) is 69.8 Å². The largest absolute Gasteiger partial charge is 0.506 e. The molecule has 0 unspecified atom stereocenters. The summed E-state index contributed by atoms with van der Waals surface area (Å²) in [5, 5.41) is 10.1. The van der Waals surface area contributed by atoms with Crippen LogP contribution in [-0.2, 0) is 16.1 Å². The lowest BCUT2D eigenvalue weighted by Gasteiger charge is -2.37. The standard InChI is InChI=1S/C26H36N4O3/c1-27(2)22-11-9-21(10-12-22)18-30(19-23-6-5-17-33-23)26(32)20-28-13-15-29(16-14-28)24-7-3-4-8-25(24)31/h3-4,7-12,23,31H,5-6,13-20H2,1-2H3/t23-/m0/s1. The molecule has 2 aromatic carbocycles. The summed E-state index contributed by atoms with van der Waals surface area (Å²) in [6.45, 7) is 5.63. The lowest BCUT2D eigenvalue weighted by molar-refractivity contribution is -0.134. The van der Waals surface area contributed by atoms with Crippen LogP contribution in [0, 0.1) is 0 Å². The molecule has 7 heteroatoms. The molecule has 2 aliphatic heterocycles. The molecule has 0 bridgehead atoms. The van der Waals surface area contributed by atoms with Crippen LogP contribution in [0.1, 0.15) is 18.4 Å². The second kappa shape index (κ2) is 10.9. The highest BCUT2D eigenvalue weighted by molar-refractivity contribution is 5.78. The summed E-state index contributed by atoms with van der Waals surface area (Å²) in [5.74, 6) is 0.461. The van der Waals surface area contributed by atoms with Crippen LogP contribution in [0.5, 0.6) is 5.75 Å². The number of carbonyl (C=O) groups excluding carboxylic acids is 1. The number of phenols is 1. The predicted molar refractivity (Wildman–Crippen MR) is 132 cm³/mol. The molecule has 2 fully saturated rings. The summed E-state index contributed by atoms with van der Waals surface area (Å²) in [6, 6.07) is 15.9. The Hall–Kier alpha value is -2.77. The van der Waals surface area contributed by atoms with Gasteiger partial charge in [0.25, 0.3) is 0 Å². The number of hydrogen-bond acceptors (Lipinski definition) is 6. The zero-order valence-corrected chi connectivity index (χ0v) is 19.8. The number of nitrogens with zero attached hydrogens (tertiary/aromatic N) is 4. The minimum atomic E-state index is 0.132. The minimum absolute atomic E-state index is 0.132. The van der Waals surface area contributed by atoms with Crippen molar-refractivity contribution < 1.29 is 14.6 Å². The highest BCUT2D eigenvalue weighted by Crippen LogP contribution is 2.27. The topological polar surface area (TPSA) is 59.5 Å². The molecule has 1 amide bonds. The first-order chi connectivity index (χ1) is 16.0. The average Bonchev–Trinajstić information content (AvgIpc) is 3.33. The molecule has 0 aromatic heterocycles. The fraction of sp³-hybridized carbons (Fsp3) is 0.500. The first-order valence-electron chi connectivity index (χ1n) is 11.9. The highest BCUT2D eigenvalue weighted by atomic mass is 16.5. The van der Waals surface area contributed by atoms with E-state index in [1.54, 1.807) is 6.07 Å². The number of para-hydroxylation sites is 2. The van der Waals surface area contributed by atoms with E-state index in [2.05, 4.69) is 39.0 Å². The summed E-state index contributed by atoms with van der Waals surface area (Å²) < 4.78 is 5.84. The van der Waals surface area contributed by atoms with E-state index < -0.39 is 0 Å². The maximum atomic E-state index is 13.4. The van der Waals surface area contributed by atoms with E-state index in [0.29, 0.717) is 25.4 Å². The molecular weight excluding hydrogens is 416 g/mol. The Labute approximate surface area is 197 Å². The van der Waals surface area contributed by atoms with Gasteiger partial charge in [-0.25, -0.2) is 0 Å². The summed E-state index contributed by atoms with van der Waals surface area (Å²) in [5.41, 5.74) is 3.15. The number of phenolic OH excluding ortho intramolecular Hbond substituents is 1. The van der Waals surface area contributed by atoms with Crippen LogP contribution in [0.4, 0.5) is 11.4 Å². The number of benzene rings is 2. The molecular formula is C26H36N4O3. The normalized spacial score (nSPS) is 19.0. The number of ether oxygens (including phenoxy) is 1. The number of piperazine rings is 1. The van der Waals surface area contributed by atoms with Crippen LogP contribution in [0.3, 0.4) is 0 Å². The van der Waals surface area contributed by atoms with E-state index in [1.807, 2.05) is 37.2 Å². The number of anilines is 2. The van der Waals surface area contributed by atoms with E-state index in [0.717, 1.165) is 62.6 Å². The first-order valence-corrected chi connectivity index (χ1v) is 11.9. The van der Waals surface area contributed by atoms with E-state index in [9.17, 15) is 9.90 Å². The van der Waals surface area contributed by atoms with Crippen molar-refractivity contribution in [2.45, 2.75) is 25.5 Å². The van der Waals surface area contributed by atoms with Crippen LogP contribution in [-0.4, -0.2) is 86.9 Å². The van der Waals surface area contributed by atoms with E-state index in [-0.39, 0.29) is 12.0 Å². The van der Waals surface area contributed by atoms with Crippen molar-refractivity contribution in [1.29, 1.82) is 0 Å². The Kier molecular flexibility index (Phi) is 7.73. The Bertz CT molecular complexity index is 904. The van der Waals surface area contributed by atoms with Crippen molar-refractivity contribution in [3.05, 3.63) is 54.1 Å². The molecule has 2 aromatic rings. The highest BCUT2D eigenvalue weighted by Gasteiger charge is 2.26. The van der Waals surface area contributed by atoms with Crippen molar-refractivity contribution in [2.24, 2.45) is 0 Å². The average molecular weight is 453 g/mol. The molecule has 0 saturated carbocycles. The summed E-state index contributed by atoms with van der Waals surface area (Å²) in [4.78, 5) is 21.8. The van der Waals surface area contributed by atoms with Crippen LogP contribution >= 0.6 is 0 Å². The maximum absolute atomic E-state index is 13.4. The van der Waals surface area contributed by atoms with Gasteiger partial charge in [-0.2, -0.15) is 0 Å². The number of amides is 1. The Morgan fingerprint density at radius 1 is 1.06 bits per heavy atom. The molecule has 178 valence electrons. The molecule has 1 N–H and O–H groups in total. The van der Waals surface area contributed by atoms with Crippen LogP contribution in [0.15, 0.2) is 48.5 Å². The van der Waals surface area contributed by atoms with Crippen molar-refractivity contribution in [3.63, 3.8) is 0 Å². The van der Waals surface area contributed by atoms with Gasteiger partial charge in [-0.3, -0.25) is 9.69 Å². The minimum Gasteiger partial charge on any atom is -0.506 e. The van der Waals surface area contributed by atoms with Gasteiger partial charge in [-0.1, -0.05) is 24.3 Å². The molecule has 7 nitrogen and oxygen atoms in total. The Morgan fingerprint density at radius 2 is 1.79 bits per heavy atom. The van der Waals surface area contributed by atoms with Crippen molar-refractivity contribution in [1.82, 2.24) is 9.80 Å². The third-order valence-corrected chi connectivity index (χ3v) is 6.58. The zero-order chi connectivity index (χ0) is 23.2. The molecule has 0 spiro atoms. The third-order valence-electron chi connectivity index (χ3n) is 6.58. The first kappa shape index (κ1) is 23.4. The van der Waals surface area contributed by atoms with Crippen LogP contribution in [0.25, 0.3) is 0 Å². The summed E-state index contributed by atoms with van der Waals surface area (Å²) in [7, 11) is 4.06. The monoisotopic (exact) mass is 452 g/mol. The molecule has 2 aliphatic rings. The third kappa shape index (κ3) is 6.18. The van der Waals surface area contributed by atoms with Gasteiger partial charge in [0.15, 0.2) is 0 Å². The lowest BCUT2D eigenvalue weighted by Crippen LogP contribution is -2.50. The van der Waals surface area contributed by atoms with E-state index in [1.165, 1.54) is 0 Å². The zero-order valence-electron chi connectivity index (χ0n) is 19.8. The second-order valence-corrected chi connectivity index (χ2v) is 9.22. The molecule has 2 saturated heterocycles. The van der Waals surface area contributed by atoms with E-state index >= 15 is 0 Å². The van der Waals surface area contributed by atoms with Crippen LogP contribution < -0.4 is 9.80 Å². The van der Waals surface area contributed by atoms with Gasteiger partial charge in [0, 0.05) is 65.7 Å². The molecule has 2 heterocycles. The number of hydrogen-bond donors (Lipinski definition) is 1. The predicted octanol–water partition coefficient (Wildman–Crippen LogP) is 2.79. The summed E-state index contributed by atoms with van der Waals surface area (Å²) in [6.07, 6.45) is 2.22. The quantitative estimate of drug-likeness (QED) is 0.665. The van der Waals surface area contributed by atoms with Gasteiger partial charge in [0.05, 0.1) is 18.3 Å². The van der Waals surface area contributed by atoms with Crippen molar-refractivity contribution >= 4 is 17.3 Å². The van der Waals surface area contributed by atoms with Gasteiger partial charge in [0.2, 0.25) is 5.91 Å². The molecule has 4 rings (SSSR count). The summed E-state index contributed by atoms with van der Waals surface area (Å²) >= 11 is 0. The molecule has 33 heavy (non-hydrogen) atoms. The number of rotatable bonds is 8. The fourth-order valence-corrected chi connectivity index (χ4v) is 4.58. The second-order valence-electron chi connectivity index (χ2n) is 9.22. The van der Waals surface area contributed by atoms with Crippen LogP contribution in [0.2, 0.25) is 0 Å². The lowest BCUT2D eigenvalue weighted by atomic mass is 10.1. The molecule has 1 atom stereocenters. The van der Waals surface area contributed by atoms with E-state index in [4.69, 9.17) is 4.74 Å². The van der Waals surface area contributed by atoms with Crippen molar-refractivity contribution in [3.8, 4) is 5.75 Å². The maximum Gasteiger partial charge on any atom is 0.237 e.